The van der Waals surface area contributed by atoms with E-state index in [0.717, 1.165) is 36.1 Å². The van der Waals surface area contributed by atoms with E-state index in [9.17, 15) is 4.79 Å². The smallest absolute Gasteiger partial charge is 0.270 e. The predicted molar refractivity (Wildman–Crippen MR) is 95.7 cm³/mol. The van der Waals surface area contributed by atoms with E-state index < -0.39 is 0 Å². The fourth-order valence-corrected chi connectivity index (χ4v) is 3.39. The molecule has 25 heavy (non-hydrogen) atoms. The molecule has 4 rings (SSSR count). The van der Waals surface area contributed by atoms with Crippen LogP contribution >= 0.6 is 0 Å². The Kier molecular flexibility index (Phi) is 4.06. The Bertz CT molecular complexity index is 901. The van der Waals surface area contributed by atoms with Crippen LogP contribution in [0.25, 0.3) is 5.69 Å². The van der Waals surface area contributed by atoms with Gasteiger partial charge in [-0.05, 0) is 56.0 Å². The molecule has 2 heterocycles. The topological polar surface area (TPSA) is 59.8 Å². The van der Waals surface area contributed by atoms with Crippen molar-refractivity contribution in [2.75, 3.05) is 0 Å². The lowest BCUT2D eigenvalue weighted by atomic mass is 9.92. The molecule has 0 saturated carbocycles. The van der Waals surface area contributed by atoms with Crippen LogP contribution in [0.3, 0.4) is 0 Å². The van der Waals surface area contributed by atoms with E-state index in [1.807, 2.05) is 60.3 Å². The highest BCUT2D eigenvalue weighted by Gasteiger charge is 2.26. The third kappa shape index (κ3) is 3.05. The number of nitrogens with zero attached hydrogens (tertiary/aromatic N) is 3. The van der Waals surface area contributed by atoms with E-state index in [1.165, 1.54) is 5.69 Å². The van der Waals surface area contributed by atoms with Gasteiger partial charge in [0.2, 0.25) is 0 Å². The van der Waals surface area contributed by atoms with Crippen LogP contribution in [0.1, 0.15) is 46.2 Å². The Morgan fingerprint density at radius 1 is 1.24 bits per heavy atom. The van der Waals surface area contributed by atoms with Crippen LogP contribution in [-0.2, 0) is 6.42 Å². The summed E-state index contributed by atoms with van der Waals surface area (Å²) in [6, 6.07) is 13.8. The van der Waals surface area contributed by atoms with Gasteiger partial charge in [0.05, 0.1) is 17.9 Å². The summed E-state index contributed by atoms with van der Waals surface area (Å²) >= 11 is 0. The maximum absolute atomic E-state index is 12.6. The van der Waals surface area contributed by atoms with Gasteiger partial charge in [0.25, 0.3) is 5.91 Å². The molecule has 0 radical (unpaired) electrons. The van der Waals surface area contributed by atoms with Gasteiger partial charge in [-0.1, -0.05) is 18.2 Å². The third-order valence-electron chi connectivity index (χ3n) is 4.64. The second-order valence-corrected chi connectivity index (χ2v) is 6.43. The molecule has 5 nitrogen and oxygen atoms in total. The lowest BCUT2D eigenvalue weighted by Gasteiger charge is -2.24. The molecule has 5 heteroatoms. The van der Waals surface area contributed by atoms with Crippen LogP contribution in [0.2, 0.25) is 0 Å². The SMILES string of the molecule is Cc1ccnc(C(=O)NC2CCCc3c2cnn3-c2ccccc2)c1. The molecule has 1 aliphatic rings. The maximum atomic E-state index is 12.6. The minimum Gasteiger partial charge on any atom is -0.344 e. The molecule has 0 fully saturated rings. The number of fused-ring (bicyclic) bond motifs is 1. The van der Waals surface area contributed by atoms with E-state index >= 15 is 0 Å². The number of benzene rings is 1. The molecular formula is C20H20N4O. The van der Waals surface area contributed by atoms with Gasteiger partial charge >= 0.3 is 0 Å². The van der Waals surface area contributed by atoms with Gasteiger partial charge in [0, 0.05) is 17.5 Å². The zero-order chi connectivity index (χ0) is 17.2. The number of nitrogens with one attached hydrogen (secondary N) is 1. The first kappa shape index (κ1) is 15.6. The molecular weight excluding hydrogens is 312 g/mol. The summed E-state index contributed by atoms with van der Waals surface area (Å²) in [6.07, 6.45) is 6.47. The van der Waals surface area contributed by atoms with Crippen LogP contribution in [0.5, 0.6) is 0 Å². The van der Waals surface area contributed by atoms with E-state index in [0.29, 0.717) is 5.69 Å². The highest BCUT2D eigenvalue weighted by molar-refractivity contribution is 5.92. The van der Waals surface area contributed by atoms with Gasteiger partial charge < -0.3 is 5.32 Å². The van der Waals surface area contributed by atoms with Crippen LogP contribution in [-0.4, -0.2) is 20.7 Å². The molecule has 1 aliphatic carbocycles. The van der Waals surface area contributed by atoms with Crippen molar-refractivity contribution >= 4 is 5.91 Å². The Balaban J connectivity index is 1.60. The number of aromatic nitrogens is 3. The van der Waals surface area contributed by atoms with Crippen molar-refractivity contribution < 1.29 is 4.79 Å². The second-order valence-electron chi connectivity index (χ2n) is 6.43. The Morgan fingerprint density at radius 2 is 2.08 bits per heavy atom. The monoisotopic (exact) mass is 332 g/mol. The van der Waals surface area contributed by atoms with Gasteiger partial charge in [-0.3, -0.25) is 9.78 Å². The van der Waals surface area contributed by atoms with Crippen molar-refractivity contribution in [3.8, 4) is 5.69 Å². The first-order valence-electron chi connectivity index (χ1n) is 8.58. The van der Waals surface area contributed by atoms with E-state index in [4.69, 9.17) is 0 Å². The minimum absolute atomic E-state index is 0.0176. The fourth-order valence-electron chi connectivity index (χ4n) is 3.39. The molecule has 1 atom stereocenters. The molecule has 126 valence electrons. The van der Waals surface area contributed by atoms with E-state index in [1.54, 1.807) is 6.20 Å². The van der Waals surface area contributed by atoms with Crippen molar-refractivity contribution in [1.82, 2.24) is 20.1 Å². The minimum atomic E-state index is -0.131. The Hall–Kier alpha value is -2.95. The van der Waals surface area contributed by atoms with E-state index in [-0.39, 0.29) is 11.9 Å². The number of carbonyl (C=O) groups excluding carboxylic acids is 1. The van der Waals surface area contributed by atoms with Gasteiger partial charge in [0.1, 0.15) is 5.69 Å². The van der Waals surface area contributed by atoms with Crippen molar-refractivity contribution in [2.45, 2.75) is 32.2 Å². The summed E-state index contributed by atoms with van der Waals surface area (Å²) < 4.78 is 1.98. The first-order chi connectivity index (χ1) is 12.2. The standard InChI is InChI=1S/C20H20N4O/c1-14-10-11-21-18(12-14)20(25)23-17-8-5-9-19-16(17)13-22-24(19)15-6-3-2-4-7-15/h2-4,6-7,10-13,17H,5,8-9H2,1H3,(H,23,25). The molecule has 3 aromatic rings. The zero-order valence-corrected chi connectivity index (χ0v) is 14.1. The van der Waals surface area contributed by atoms with Crippen molar-refractivity contribution in [3.63, 3.8) is 0 Å². The molecule has 0 bridgehead atoms. The molecule has 1 aromatic carbocycles. The summed E-state index contributed by atoms with van der Waals surface area (Å²) in [6.45, 7) is 1.96. The Morgan fingerprint density at radius 3 is 2.88 bits per heavy atom. The summed E-state index contributed by atoms with van der Waals surface area (Å²) in [7, 11) is 0. The van der Waals surface area contributed by atoms with Gasteiger partial charge in [-0.2, -0.15) is 5.10 Å². The number of hydrogen-bond acceptors (Lipinski definition) is 3. The number of aryl methyl sites for hydroxylation is 1. The molecule has 1 N–H and O–H groups in total. The normalized spacial score (nSPS) is 16.3. The maximum Gasteiger partial charge on any atom is 0.270 e. The average Bonchev–Trinajstić information content (AvgIpc) is 3.07. The number of carbonyl (C=O) groups is 1. The van der Waals surface area contributed by atoms with Crippen molar-refractivity contribution in [3.05, 3.63) is 77.4 Å². The van der Waals surface area contributed by atoms with Crippen LogP contribution < -0.4 is 5.32 Å². The number of hydrogen-bond donors (Lipinski definition) is 1. The predicted octanol–water partition coefficient (Wildman–Crippen LogP) is 3.38. The van der Waals surface area contributed by atoms with Gasteiger partial charge in [-0.15, -0.1) is 0 Å². The molecule has 1 unspecified atom stereocenters. The molecule has 0 spiro atoms. The number of rotatable bonds is 3. The van der Waals surface area contributed by atoms with Crippen LogP contribution in [0.15, 0.2) is 54.9 Å². The Labute approximate surface area is 146 Å². The van der Waals surface area contributed by atoms with Crippen molar-refractivity contribution in [1.29, 1.82) is 0 Å². The zero-order valence-electron chi connectivity index (χ0n) is 14.1. The molecule has 0 saturated heterocycles. The van der Waals surface area contributed by atoms with Gasteiger partial charge in [0.15, 0.2) is 0 Å². The van der Waals surface area contributed by atoms with Crippen LogP contribution in [0.4, 0.5) is 0 Å². The molecule has 2 aromatic heterocycles. The largest absolute Gasteiger partial charge is 0.344 e. The summed E-state index contributed by atoms with van der Waals surface area (Å²) in [4.78, 5) is 16.7. The summed E-state index contributed by atoms with van der Waals surface area (Å²) in [5.74, 6) is -0.131. The molecule has 1 amide bonds. The highest BCUT2D eigenvalue weighted by atomic mass is 16.1. The number of amides is 1. The first-order valence-corrected chi connectivity index (χ1v) is 8.58. The third-order valence-corrected chi connectivity index (χ3v) is 4.64. The summed E-state index contributed by atoms with van der Waals surface area (Å²) in [5.41, 5.74) is 4.83. The van der Waals surface area contributed by atoms with Crippen LogP contribution in [0, 0.1) is 6.92 Å². The molecule has 0 aliphatic heterocycles. The quantitative estimate of drug-likeness (QED) is 0.800. The average molecular weight is 332 g/mol. The number of para-hydroxylation sites is 1. The lowest BCUT2D eigenvalue weighted by Crippen LogP contribution is -2.31. The van der Waals surface area contributed by atoms with E-state index in [2.05, 4.69) is 15.4 Å². The number of pyridine rings is 1. The fraction of sp³-hybridized carbons (Fsp3) is 0.250. The summed E-state index contributed by atoms with van der Waals surface area (Å²) in [5, 5.41) is 7.69. The second kappa shape index (κ2) is 6.51. The lowest BCUT2D eigenvalue weighted by molar-refractivity contribution is 0.0927. The van der Waals surface area contributed by atoms with Gasteiger partial charge in [-0.25, -0.2) is 4.68 Å². The van der Waals surface area contributed by atoms with Crippen molar-refractivity contribution in [2.24, 2.45) is 0 Å². The highest BCUT2D eigenvalue weighted by Crippen LogP contribution is 2.31.